The molecule has 0 spiro atoms. The number of imide groups is 1. The van der Waals surface area contributed by atoms with Crippen LogP contribution in [0.4, 0.5) is 26.8 Å². The summed E-state index contributed by atoms with van der Waals surface area (Å²) in [5.74, 6) is -3.39. The molecular weight excluding hydrogens is 474 g/mol. The first-order valence-corrected chi connectivity index (χ1v) is 11.3. The van der Waals surface area contributed by atoms with Crippen LogP contribution in [0.3, 0.4) is 0 Å². The second kappa shape index (κ2) is 11.3. The number of nitrogens with one attached hydrogen (secondary N) is 1. The number of nitrogen functional groups attached to an aromatic ring is 1. The number of hydrogen-bond donors (Lipinski definition) is 3. The van der Waals surface area contributed by atoms with Gasteiger partial charge in [-0.1, -0.05) is 0 Å². The number of nitrogens with zero attached hydrogens (tertiary/aromatic N) is 3. The van der Waals surface area contributed by atoms with E-state index in [0.29, 0.717) is 17.9 Å². The lowest BCUT2D eigenvalue weighted by Crippen LogP contribution is -2.44. The average Bonchev–Trinajstić information content (AvgIpc) is 2.73. The molecule has 1 atom stereocenters. The number of carboxylic acids is 1. The molecule has 2 rings (SSSR count). The minimum atomic E-state index is -1.74. The summed E-state index contributed by atoms with van der Waals surface area (Å²) in [7, 11) is 0. The number of carbonyl (C=O) groups excluding carboxylic acids is 3. The zero-order valence-corrected chi connectivity index (χ0v) is 21.3. The Kier molecular flexibility index (Phi) is 8.97. The fraction of sp³-hybridized carbons (Fsp3) is 0.565. The molecule has 1 aliphatic rings. The number of amides is 3. The molecule has 0 aliphatic carbocycles. The summed E-state index contributed by atoms with van der Waals surface area (Å²) in [6, 6.07) is 0. The molecule has 198 valence electrons. The minimum Gasteiger partial charge on any atom is -0.474 e. The van der Waals surface area contributed by atoms with Crippen molar-refractivity contribution in [1.29, 1.82) is 0 Å². The molecule has 0 aromatic carbocycles. The SMILES string of the molecule is CC(C)(C)OC(=O)N(C(=O)OC(C)(C)C)c1ncc(NC(=O)C(=O)O)c(N)c1C=NC1CCCCO1. The lowest BCUT2D eigenvalue weighted by molar-refractivity contribution is -0.147. The highest BCUT2D eigenvalue weighted by molar-refractivity contribution is 6.37. The van der Waals surface area contributed by atoms with Gasteiger partial charge in [-0.25, -0.2) is 19.4 Å². The van der Waals surface area contributed by atoms with E-state index in [4.69, 9.17) is 25.1 Å². The molecule has 1 unspecified atom stereocenters. The van der Waals surface area contributed by atoms with Gasteiger partial charge in [0.05, 0.1) is 23.1 Å². The maximum absolute atomic E-state index is 13.1. The summed E-state index contributed by atoms with van der Waals surface area (Å²) >= 11 is 0. The normalized spacial score (nSPS) is 16.3. The predicted octanol–water partition coefficient (Wildman–Crippen LogP) is 3.31. The molecule has 1 saturated heterocycles. The van der Waals surface area contributed by atoms with E-state index < -0.39 is 41.5 Å². The van der Waals surface area contributed by atoms with Gasteiger partial charge in [0.25, 0.3) is 0 Å². The molecule has 3 amide bonds. The Balaban J connectivity index is 2.65. The van der Waals surface area contributed by atoms with E-state index >= 15 is 0 Å². The molecule has 13 nitrogen and oxygen atoms in total. The molecular formula is C23H33N5O8. The average molecular weight is 508 g/mol. The molecule has 36 heavy (non-hydrogen) atoms. The van der Waals surface area contributed by atoms with Crippen LogP contribution in [-0.4, -0.2) is 64.4 Å². The topological polar surface area (TPSA) is 183 Å². The number of nitrogens with two attached hydrogens (primary N) is 1. The summed E-state index contributed by atoms with van der Waals surface area (Å²) in [5, 5.41) is 11.1. The number of rotatable bonds is 4. The number of carbonyl (C=O) groups is 4. The van der Waals surface area contributed by atoms with Gasteiger partial charge in [0.2, 0.25) is 0 Å². The third-order valence-corrected chi connectivity index (χ3v) is 4.47. The van der Waals surface area contributed by atoms with Gasteiger partial charge in [-0.05, 0) is 60.8 Å². The third kappa shape index (κ3) is 8.18. The van der Waals surface area contributed by atoms with Gasteiger partial charge in [0.15, 0.2) is 5.82 Å². The maximum Gasteiger partial charge on any atom is 0.425 e. The van der Waals surface area contributed by atoms with Crippen LogP contribution in [0.25, 0.3) is 0 Å². The molecule has 1 aromatic heterocycles. The van der Waals surface area contributed by atoms with Gasteiger partial charge in [-0.2, -0.15) is 4.90 Å². The Morgan fingerprint density at radius 1 is 1.14 bits per heavy atom. The molecule has 2 heterocycles. The van der Waals surface area contributed by atoms with Gasteiger partial charge in [0, 0.05) is 12.8 Å². The number of anilines is 3. The lowest BCUT2D eigenvalue weighted by Gasteiger charge is -2.29. The van der Waals surface area contributed by atoms with Crippen molar-refractivity contribution in [2.45, 2.75) is 78.2 Å². The Morgan fingerprint density at radius 2 is 1.72 bits per heavy atom. The third-order valence-electron chi connectivity index (χ3n) is 4.47. The van der Waals surface area contributed by atoms with E-state index in [2.05, 4.69) is 15.3 Å². The van der Waals surface area contributed by atoms with Crippen molar-refractivity contribution in [2.24, 2.45) is 4.99 Å². The van der Waals surface area contributed by atoms with E-state index in [1.807, 2.05) is 0 Å². The number of aliphatic carboxylic acids is 1. The Hall–Kier alpha value is -3.74. The zero-order chi connectivity index (χ0) is 27.3. The van der Waals surface area contributed by atoms with Crippen LogP contribution in [-0.2, 0) is 23.8 Å². The molecule has 0 saturated carbocycles. The highest BCUT2D eigenvalue weighted by atomic mass is 16.6. The van der Waals surface area contributed by atoms with Crippen molar-refractivity contribution in [3.8, 4) is 0 Å². The summed E-state index contributed by atoms with van der Waals surface area (Å²) in [6.07, 6.45) is 2.01. The van der Waals surface area contributed by atoms with Gasteiger partial charge < -0.3 is 30.4 Å². The number of hydrogen-bond acceptors (Lipinski definition) is 10. The summed E-state index contributed by atoms with van der Waals surface area (Å²) in [4.78, 5) is 58.0. The largest absolute Gasteiger partial charge is 0.474 e. The van der Waals surface area contributed by atoms with E-state index in [-0.39, 0.29) is 22.8 Å². The highest BCUT2D eigenvalue weighted by Crippen LogP contribution is 2.31. The first-order valence-electron chi connectivity index (χ1n) is 11.3. The zero-order valence-electron chi connectivity index (χ0n) is 21.3. The monoisotopic (exact) mass is 507 g/mol. The number of aliphatic imine (C=N–C) groups is 1. The van der Waals surface area contributed by atoms with Crippen LogP contribution in [0, 0.1) is 0 Å². The number of ether oxygens (including phenoxy) is 3. The first-order chi connectivity index (χ1) is 16.6. The number of aromatic nitrogens is 1. The van der Waals surface area contributed by atoms with E-state index in [1.165, 1.54) is 6.21 Å². The molecule has 0 bridgehead atoms. The van der Waals surface area contributed by atoms with Crippen molar-refractivity contribution in [3.63, 3.8) is 0 Å². The Labute approximate surface area is 209 Å². The van der Waals surface area contributed by atoms with Gasteiger partial charge in [-0.3, -0.25) is 9.79 Å². The van der Waals surface area contributed by atoms with Crippen molar-refractivity contribution >= 4 is 47.5 Å². The molecule has 1 aromatic rings. The van der Waals surface area contributed by atoms with Gasteiger partial charge in [-0.15, -0.1) is 0 Å². The molecule has 13 heteroatoms. The smallest absolute Gasteiger partial charge is 0.425 e. The maximum atomic E-state index is 13.1. The van der Waals surface area contributed by atoms with Crippen molar-refractivity contribution in [3.05, 3.63) is 11.8 Å². The molecule has 4 N–H and O–H groups in total. The van der Waals surface area contributed by atoms with Crippen molar-refractivity contribution in [1.82, 2.24) is 4.98 Å². The van der Waals surface area contributed by atoms with Gasteiger partial charge >= 0.3 is 24.1 Å². The predicted molar refractivity (Wildman–Crippen MR) is 131 cm³/mol. The Morgan fingerprint density at radius 3 is 2.19 bits per heavy atom. The quantitative estimate of drug-likeness (QED) is 0.403. The second-order valence-corrected chi connectivity index (χ2v) is 9.98. The van der Waals surface area contributed by atoms with Gasteiger partial charge in [0.1, 0.15) is 17.4 Å². The highest BCUT2D eigenvalue weighted by Gasteiger charge is 2.36. The minimum absolute atomic E-state index is 0.0518. The van der Waals surface area contributed by atoms with E-state index in [9.17, 15) is 19.2 Å². The van der Waals surface area contributed by atoms with E-state index in [0.717, 1.165) is 19.0 Å². The molecule has 0 radical (unpaired) electrons. The van der Waals surface area contributed by atoms with Crippen LogP contribution in [0.5, 0.6) is 0 Å². The summed E-state index contributed by atoms with van der Waals surface area (Å²) < 4.78 is 16.4. The van der Waals surface area contributed by atoms with Crippen LogP contribution in [0.2, 0.25) is 0 Å². The summed E-state index contributed by atoms with van der Waals surface area (Å²) in [6.45, 7) is 10.2. The van der Waals surface area contributed by atoms with Crippen LogP contribution in [0.1, 0.15) is 66.4 Å². The second-order valence-electron chi connectivity index (χ2n) is 9.98. The van der Waals surface area contributed by atoms with Crippen molar-refractivity contribution in [2.75, 3.05) is 22.6 Å². The molecule has 1 aliphatic heterocycles. The first kappa shape index (κ1) is 28.5. The van der Waals surface area contributed by atoms with Crippen LogP contribution in [0.15, 0.2) is 11.2 Å². The van der Waals surface area contributed by atoms with Crippen molar-refractivity contribution < 1.29 is 38.5 Å². The fourth-order valence-electron chi connectivity index (χ4n) is 2.97. The lowest BCUT2D eigenvalue weighted by atomic mass is 10.1. The standard InChI is InChI=1S/C23H33N5O8/c1-22(2,3)35-20(32)28(21(33)36-23(4,5)6)17-13(11-25-15-9-7-8-10-34-15)16(24)14(12-26-17)27-18(29)19(30)31/h11-12,15H,7-10H2,1-6H3,(H2,24,26)(H,27,29)(H,30,31). The van der Waals surface area contributed by atoms with Crippen LogP contribution < -0.4 is 16.0 Å². The number of pyridine rings is 1. The Bertz CT molecular complexity index is 1010. The summed E-state index contributed by atoms with van der Waals surface area (Å²) in [5.41, 5.74) is 3.89. The fourth-order valence-corrected chi connectivity index (χ4v) is 2.97. The van der Waals surface area contributed by atoms with Crippen LogP contribution >= 0.6 is 0 Å². The number of carboxylic acid groups (broad SMARTS) is 1. The van der Waals surface area contributed by atoms with E-state index in [1.54, 1.807) is 41.5 Å². The molecule has 1 fully saturated rings.